The third-order valence-electron chi connectivity index (χ3n) is 3.08. The first-order valence-corrected chi connectivity index (χ1v) is 6.87. The summed E-state index contributed by atoms with van der Waals surface area (Å²) in [7, 11) is 1.58. The Morgan fingerprint density at radius 1 is 1.29 bits per heavy atom. The number of furan rings is 1. The van der Waals surface area contributed by atoms with Crippen molar-refractivity contribution in [3.63, 3.8) is 0 Å². The Hall–Kier alpha value is -2.27. The molecule has 0 fully saturated rings. The van der Waals surface area contributed by atoms with Gasteiger partial charge in [-0.05, 0) is 31.2 Å². The lowest BCUT2D eigenvalue weighted by molar-refractivity contribution is -0.115. The van der Waals surface area contributed by atoms with Crippen molar-refractivity contribution in [1.82, 2.24) is 5.32 Å². The first kappa shape index (κ1) is 15.1. The molecule has 1 heterocycles. The lowest BCUT2D eigenvalue weighted by Gasteiger charge is -2.13. The van der Waals surface area contributed by atoms with Gasteiger partial charge in [0.1, 0.15) is 11.5 Å². The van der Waals surface area contributed by atoms with Crippen LogP contribution in [0, 0.1) is 0 Å². The average Bonchev–Trinajstić information content (AvgIpc) is 2.98. The van der Waals surface area contributed by atoms with Gasteiger partial charge in [-0.2, -0.15) is 0 Å². The first-order chi connectivity index (χ1) is 10.2. The van der Waals surface area contributed by atoms with E-state index in [1.807, 2.05) is 43.3 Å². The molecule has 21 heavy (non-hydrogen) atoms. The molecule has 1 unspecified atom stereocenters. The fourth-order valence-corrected chi connectivity index (χ4v) is 2.01. The van der Waals surface area contributed by atoms with Gasteiger partial charge in [0.2, 0.25) is 5.91 Å². The predicted octanol–water partition coefficient (Wildman–Crippen LogP) is 2.45. The van der Waals surface area contributed by atoms with Crippen molar-refractivity contribution in [3.05, 3.63) is 48.4 Å². The number of anilines is 1. The van der Waals surface area contributed by atoms with Gasteiger partial charge in [-0.3, -0.25) is 4.79 Å². The van der Waals surface area contributed by atoms with Crippen LogP contribution in [0.15, 0.2) is 47.1 Å². The van der Waals surface area contributed by atoms with Crippen LogP contribution in [0.25, 0.3) is 0 Å². The van der Waals surface area contributed by atoms with Crippen molar-refractivity contribution < 1.29 is 13.9 Å². The Labute approximate surface area is 124 Å². The smallest absolute Gasteiger partial charge is 0.238 e. The van der Waals surface area contributed by atoms with Crippen molar-refractivity contribution in [1.29, 1.82) is 0 Å². The Balaban J connectivity index is 1.79. The zero-order valence-corrected chi connectivity index (χ0v) is 12.3. The van der Waals surface area contributed by atoms with Crippen LogP contribution >= 0.6 is 0 Å². The minimum Gasteiger partial charge on any atom is -0.495 e. The van der Waals surface area contributed by atoms with E-state index in [2.05, 4.69) is 10.6 Å². The maximum atomic E-state index is 11.9. The lowest BCUT2D eigenvalue weighted by atomic mass is 10.2. The SMILES string of the molecule is COc1ccccc1NC(=O)CNC(C)Cc1ccco1. The molecule has 112 valence electrons. The van der Waals surface area contributed by atoms with Gasteiger partial charge in [0, 0.05) is 12.5 Å². The Kier molecular flexibility index (Phi) is 5.40. The molecule has 0 spiro atoms. The largest absolute Gasteiger partial charge is 0.495 e. The fraction of sp³-hybridized carbons (Fsp3) is 0.312. The van der Waals surface area contributed by atoms with Crippen molar-refractivity contribution in [2.45, 2.75) is 19.4 Å². The molecule has 1 atom stereocenters. The van der Waals surface area contributed by atoms with Crippen molar-refractivity contribution in [2.24, 2.45) is 0 Å². The average molecular weight is 288 g/mol. The van der Waals surface area contributed by atoms with E-state index in [9.17, 15) is 4.79 Å². The topological polar surface area (TPSA) is 63.5 Å². The van der Waals surface area contributed by atoms with E-state index in [1.165, 1.54) is 0 Å². The second-order valence-electron chi connectivity index (χ2n) is 4.81. The number of methoxy groups -OCH3 is 1. The van der Waals surface area contributed by atoms with Crippen LogP contribution in [0.4, 0.5) is 5.69 Å². The monoisotopic (exact) mass is 288 g/mol. The van der Waals surface area contributed by atoms with Crippen molar-refractivity contribution >= 4 is 11.6 Å². The van der Waals surface area contributed by atoms with Crippen LogP contribution < -0.4 is 15.4 Å². The van der Waals surface area contributed by atoms with Crippen LogP contribution in [0.3, 0.4) is 0 Å². The van der Waals surface area contributed by atoms with Gasteiger partial charge in [-0.15, -0.1) is 0 Å². The van der Waals surface area contributed by atoms with E-state index in [0.717, 1.165) is 12.2 Å². The summed E-state index contributed by atoms with van der Waals surface area (Å²) in [6.07, 6.45) is 2.39. The molecule has 2 N–H and O–H groups in total. The van der Waals surface area contributed by atoms with Gasteiger partial charge in [-0.25, -0.2) is 0 Å². The summed E-state index contributed by atoms with van der Waals surface area (Å²) in [6, 6.07) is 11.3. The minimum atomic E-state index is -0.106. The molecule has 0 saturated carbocycles. The van der Waals surface area contributed by atoms with E-state index >= 15 is 0 Å². The summed E-state index contributed by atoms with van der Waals surface area (Å²) in [4.78, 5) is 11.9. The van der Waals surface area contributed by atoms with Gasteiger partial charge in [0.05, 0.1) is 25.6 Å². The normalized spacial score (nSPS) is 11.9. The quantitative estimate of drug-likeness (QED) is 0.821. The number of hydrogen-bond acceptors (Lipinski definition) is 4. The summed E-state index contributed by atoms with van der Waals surface area (Å²) < 4.78 is 10.5. The molecule has 1 amide bonds. The van der Waals surface area contributed by atoms with Crippen LogP contribution in [0.1, 0.15) is 12.7 Å². The third-order valence-corrected chi connectivity index (χ3v) is 3.08. The number of benzene rings is 1. The number of carbonyl (C=O) groups excluding carboxylic acids is 1. The van der Waals surface area contributed by atoms with Gasteiger partial charge in [0.25, 0.3) is 0 Å². The Bertz CT molecular complexity index is 567. The highest BCUT2D eigenvalue weighted by Gasteiger charge is 2.10. The molecule has 0 aliphatic rings. The van der Waals surface area contributed by atoms with E-state index in [-0.39, 0.29) is 18.5 Å². The first-order valence-electron chi connectivity index (χ1n) is 6.87. The van der Waals surface area contributed by atoms with Gasteiger partial charge < -0.3 is 19.8 Å². The van der Waals surface area contributed by atoms with Crippen LogP contribution in [0.2, 0.25) is 0 Å². The lowest BCUT2D eigenvalue weighted by Crippen LogP contribution is -2.35. The number of hydrogen-bond donors (Lipinski definition) is 2. The Morgan fingerprint density at radius 2 is 2.10 bits per heavy atom. The molecule has 0 saturated heterocycles. The number of nitrogens with one attached hydrogen (secondary N) is 2. The van der Waals surface area contributed by atoms with Crippen LogP contribution in [0.5, 0.6) is 5.75 Å². The van der Waals surface area contributed by atoms with Crippen molar-refractivity contribution in [2.75, 3.05) is 19.0 Å². The maximum Gasteiger partial charge on any atom is 0.238 e. The minimum absolute atomic E-state index is 0.106. The molecular weight excluding hydrogens is 268 g/mol. The molecule has 5 heteroatoms. The van der Waals surface area contributed by atoms with Crippen LogP contribution in [-0.4, -0.2) is 25.6 Å². The second kappa shape index (κ2) is 7.50. The molecule has 2 aromatic rings. The summed E-state index contributed by atoms with van der Waals surface area (Å²) in [5.41, 5.74) is 0.672. The molecular formula is C16H20N2O3. The van der Waals surface area contributed by atoms with Gasteiger partial charge >= 0.3 is 0 Å². The van der Waals surface area contributed by atoms with E-state index in [4.69, 9.17) is 9.15 Å². The van der Waals surface area contributed by atoms with E-state index < -0.39 is 0 Å². The molecule has 0 aliphatic carbocycles. The highest BCUT2D eigenvalue weighted by molar-refractivity contribution is 5.93. The number of carbonyl (C=O) groups is 1. The standard InChI is InChI=1S/C16H20N2O3/c1-12(10-13-6-5-9-21-13)17-11-16(19)18-14-7-3-4-8-15(14)20-2/h3-9,12,17H,10-11H2,1-2H3,(H,18,19). The van der Waals surface area contributed by atoms with Crippen LogP contribution in [-0.2, 0) is 11.2 Å². The Morgan fingerprint density at radius 3 is 2.81 bits per heavy atom. The molecule has 0 radical (unpaired) electrons. The number of amides is 1. The van der Waals surface area contributed by atoms with E-state index in [1.54, 1.807) is 13.4 Å². The molecule has 1 aromatic heterocycles. The van der Waals surface area contributed by atoms with Gasteiger partial charge in [-0.1, -0.05) is 12.1 Å². The molecule has 5 nitrogen and oxygen atoms in total. The van der Waals surface area contributed by atoms with Crippen molar-refractivity contribution in [3.8, 4) is 5.75 Å². The molecule has 2 rings (SSSR count). The summed E-state index contributed by atoms with van der Waals surface area (Å²) >= 11 is 0. The summed E-state index contributed by atoms with van der Waals surface area (Å²) in [5.74, 6) is 1.44. The van der Waals surface area contributed by atoms with Gasteiger partial charge in [0.15, 0.2) is 0 Å². The third kappa shape index (κ3) is 4.65. The highest BCUT2D eigenvalue weighted by Crippen LogP contribution is 2.22. The zero-order chi connectivity index (χ0) is 15.1. The second-order valence-corrected chi connectivity index (χ2v) is 4.81. The molecule has 1 aromatic carbocycles. The maximum absolute atomic E-state index is 11.9. The number of rotatable bonds is 7. The molecule has 0 aliphatic heterocycles. The number of ether oxygens (including phenoxy) is 1. The number of para-hydroxylation sites is 2. The highest BCUT2D eigenvalue weighted by atomic mass is 16.5. The fourth-order valence-electron chi connectivity index (χ4n) is 2.01. The summed E-state index contributed by atoms with van der Waals surface area (Å²) in [5, 5.41) is 5.99. The zero-order valence-electron chi connectivity index (χ0n) is 12.3. The molecule has 0 bridgehead atoms. The summed E-state index contributed by atoms with van der Waals surface area (Å²) in [6.45, 7) is 2.25. The predicted molar refractivity (Wildman–Crippen MR) is 81.5 cm³/mol. The van der Waals surface area contributed by atoms with E-state index in [0.29, 0.717) is 11.4 Å².